The predicted octanol–water partition coefficient (Wildman–Crippen LogP) is 2.71. The number of aromatic nitrogens is 2. The van der Waals surface area contributed by atoms with Crippen LogP contribution in [-0.4, -0.2) is 39.9 Å². The number of hydrogen-bond donors (Lipinski definition) is 1. The number of rotatable bonds is 4. The van der Waals surface area contributed by atoms with Crippen LogP contribution in [0, 0.1) is 0 Å². The van der Waals surface area contributed by atoms with Crippen molar-refractivity contribution in [1.82, 2.24) is 14.9 Å². The number of nitrogens with one attached hydrogen (secondary N) is 1. The summed E-state index contributed by atoms with van der Waals surface area (Å²) in [4.78, 5) is 22.2. The largest absolute Gasteiger partial charge is 0.366 e. The number of nitrogens with zero attached hydrogens (tertiary/aromatic N) is 3. The normalized spacial score (nSPS) is 16.5. The van der Waals surface area contributed by atoms with E-state index in [2.05, 4.69) is 15.3 Å². The average molecular weight is 305 g/mol. The smallest absolute Gasteiger partial charge is 0.222 e. The SMILES string of the molecule is CC(CN1CCCC1=O)Nc1cc(Cl)c2cccnc2n1. The molecule has 1 atom stereocenters. The Balaban J connectivity index is 1.73. The molecular weight excluding hydrogens is 288 g/mol. The number of carbonyl (C=O) groups excluding carboxylic acids is 1. The third-order valence-corrected chi connectivity index (χ3v) is 3.91. The summed E-state index contributed by atoms with van der Waals surface area (Å²) < 4.78 is 0. The number of halogens is 1. The van der Waals surface area contributed by atoms with Gasteiger partial charge in [-0.05, 0) is 31.5 Å². The van der Waals surface area contributed by atoms with Crippen LogP contribution in [0.2, 0.25) is 5.02 Å². The molecule has 1 amide bonds. The highest BCUT2D eigenvalue weighted by Gasteiger charge is 2.21. The zero-order valence-corrected chi connectivity index (χ0v) is 12.6. The van der Waals surface area contributed by atoms with Crippen LogP contribution in [0.1, 0.15) is 19.8 Å². The van der Waals surface area contributed by atoms with Gasteiger partial charge in [0.1, 0.15) is 5.82 Å². The summed E-state index contributed by atoms with van der Waals surface area (Å²) in [6.07, 6.45) is 3.31. The van der Waals surface area contributed by atoms with Crippen molar-refractivity contribution < 1.29 is 4.79 Å². The van der Waals surface area contributed by atoms with Crippen molar-refractivity contribution in [2.45, 2.75) is 25.8 Å². The lowest BCUT2D eigenvalue weighted by atomic mass is 10.2. The van der Waals surface area contributed by atoms with Crippen LogP contribution >= 0.6 is 11.6 Å². The Hall–Kier alpha value is -1.88. The van der Waals surface area contributed by atoms with Crippen molar-refractivity contribution >= 4 is 34.4 Å². The lowest BCUT2D eigenvalue weighted by Crippen LogP contribution is -2.35. The summed E-state index contributed by atoms with van der Waals surface area (Å²) in [5.41, 5.74) is 0.622. The van der Waals surface area contributed by atoms with Crippen LogP contribution in [0.15, 0.2) is 24.4 Å². The number of pyridine rings is 2. The first-order valence-electron chi connectivity index (χ1n) is 7.09. The van der Waals surface area contributed by atoms with E-state index in [1.165, 1.54) is 0 Å². The summed E-state index contributed by atoms with van der Waals surface area (Å²) in [5, 5.41) is 4.76. The van der Waals surface area contributed by atoms with Crippen molar-refractivity contribution in [3.8, 4) is 0 Å². The Bertz CT molecular complexity index is 676. The third-order valence-electron chi connectivity index (χ3n) is 3.59. The Morgan fingerprint density at radius 3 is 3.14 bits per heavy atom. The van der Waals surface area contributed by atoms with E-state index >= 15 is 0 Å². The standard InChI is InChI=1S/C15H17ClN4O/c1-10(9-20-7-3-5-14(20)21)18-13-8-12(16)11-4-2-6-17-15(11)19-13/h2,4,6,8,10H,3,5,7,9H2,1H3,(H,17,18,19). The highest BCUT2D eigenvalue weighted by molar-refractivity contribution is 6.35. The van der Waals surface area contributed by atoms with Crippen molar-refractivity contribution in [2.75, 3.05) is 18.4 Å². The monoisotopic (exact) mass is 304 g/mol. The second-order valence-electron chi connectivity index (χ2n) is 5.35. The fourth-order valence-electron chi connectivity index (χ4n) is 2.62. The summed E-state index contributed by atoms with van der Waals surface area (Å²) in [5.74, 6) is 0.917. The molecule has 0 saturated carbocycles. The summed E-state index contributed by atoms with van der Waals surface area (Å²) in [6, 6.07) is 5.64. The molecule has 3 heterocycles. The van der Waals surface area contributed by atoms with Crippen molar-refractivity contribution in [2.24, 2.45) is 0 Å². The van der Waals surface area contributed by atoms with E-state index in [4.69, 9.17) is 11.6 Å². The molecule has 2 aromatic heterocycles. The van der Waals surface area contributed by atoms with E-state index in [9.17, 15) is 4.79 Å². The number of hydrogen-bond acceptors (Lipinski definition) is 4. The minimum Gasteiger partial charge on any atom is -0.366 e. The number of fused-ring (bicyclic) bond motifs is 1. The van der Waals surface area contributed by atoms with Gasteiger partial charge in [-0.25, -0.2) is 9.97 Å². The molecule has 3 rings (SSSR count). The quantitative estimate of drug-likeness (QED) is 0.943. The van der Waals surface area contributed by atoms with Crippen LogP contribution in [0.4, 0.5) is 5.82 Å². The zero-order valence-electron chi connectivity index (χ0n) is 11.8. The maximum atomic E-state index is 11.6. The van der Waals surface area contributed by atoms with Crippen LogP contribution in [0.25, 0.3) is 11.0 Å². The fraction of sp³-hybridized carbons (Fsp3) is 0.400. The molecular formula is C15H17ClN4O. The van der Waals surface area contributed by atoms with Crippen molar-refractivity contribution in [3.63, 3.8) is 0 Å². The molecule has 0 aliphatic carbocycles. The summed E-state index contributed by atoms with van der Waals surface area (Å²) in [6.45, 7) is 3.56. The molecule has 6 heteroatoms. The molecule has 2 aromatic rings. The van der Waals surface area contributed by atoms with Gasteiger partial charge in [0.15, 0.2) is 5.65 Å². The average Bonchev–Trinajstić information content (AvgIpc) is 2.84. The highest BCUT2D eigenvalue weighted by Crippen LogP contribution is 2.24. The van der Waals surface area contributed by atoms with Gasteiger partial charge in [0.2, 0.25) is 5.91 Å². The molecule has 5 nitrogen and oxygen atoms in total. The van der Waals surface area contributed by atoms with E-state index < -0.39 is 0 Å². The van der Waals surface area contributed by atoms with Gasteiger partial charge in [0, 0.05) is 37.1 Å². The van der Waals surface area contributed by atoms with Gasteiger partial charge in [0.25, 0.3) is 0 Å². The van der Waals surface area contributed by atoms with Gasteiger partial charge in [0.05, 0.1) is 5.02 Å². The number of likely N-dealkylation sites (tertiary alicyclic amines) is 1. The third kappa shape index (κ3) is 3.08. The Morgan fingerprint density at radius 2 is 2.38 bits per heavy atom. The topological polar surface area (TPSA) is 58.1 Å². The van der Waals surface area contributed by atoms with Crippen LogP contribution in [0.5, 0.6) is 0 Å². The molecule has 0 radical (unpaired) electrons. The van der Waals surface area contributed by atoms with Gasteiger partial charge in [-0.3, -0.25) is 4.79 Å². The van der Waals surface area contributed by atoms with E-state index in [0.717, 1.165) is 18.4 Å². The van der Waals surface area contributed by atoms with Gasteiger partial charge in [-0.1, -0.05) is 11.6 Å². The van der Waals surface area contributed by atoms with E-state index in [-0.39, 0.29) is 11.9 Å². The maximum Gasteiger partial charge on any atom is 0.222 e. The molecule has 21 heavy (non-hydrogen) atoms. The number of amides is 1. The first-order valence-corrected chi connectivity index (χ1v) is 7.47. The van der Waals surface area contributed by atoms with Gasteiger partial charge >= 0.3 is 0 Å². The highest BCUT2D eigenvalue weighted by atomic mass is 35.5. The zero-order chi connectivity index (χ0) is 14.8. The molecule has 1 N–H and O–H groups in total. The fourth-order valence-corrected chi connectivity index (χ4v) is 2.87. The lowest BCUT2D eigenvalue weighted by Gasteiger charge is -2.22. The number of carbonyl (C=O) groups is 1. The number of anilines is 1. The van der Waals surface area contributed by atoms with Crippen molar-refractivity contribution in [3.05, 3.63) is 29.4 Å². The minimum absolute atomic E-state index is 0.108. The molecule has 1 fully saturated rings. The molecule has 1 aliphatic heterocycles. The molecule has 1 unspecified atom stereocenters. The van der Waals surface area contributed by atoms with E-state index in [0.29, 0.717) is 29.5 Å². The van der Waals surface area contributed by atoms with Crippen LogP contribution in [0.3, 0.4) is 0 Å². The lowest BCUT2D eigenvalue weighted by molar-refractivity contribution is -0.127. The van der Waals surface area contributed by atoms with Gasteiger partial charge in [-0.15, -0.1) is 0 Å². The second-order valence-corrected chi connectivity index (χ2v) is 5.76. The predicted molar refractivity (Wildman–Crippen MR) is 83.4 cm³/mol. The molecule has 0 spiro atoms. The second kappa shape index (κ2) is 5.85. The van der Waals surface area contributed by atoms with Gasteiger partial charge < -0.3 is 10.2 Å². The van der Waals surface area contributed by atoms with E-state index in [1.54, 1.807) is 12.3 Å². The van der Waals surface area contributed by atoms with Crippen LogP contribution in [-0.2, 0) is 4.79 Å². The molecule has 1 aliphatic rings. The summed E-state index contributed by atoms with van der Waals surface area (Å²) in [7, 11) is 0. The molecule has 0 aromatic carbocycles. The Morgan fingerprint density at radius 1 is 1.52 bits per heavy atom. The maximum absolute atomic E-state index is 11.6. The molecule has 110 valence electrons. The van der Waals surface area contributed by atoms with Crippen molar-refractivity contribution in [1.29, 1.82) is 0 Å². The Kier molecular flexibility index (Phi) is 3.92. The first kappa shape index (κ1) is 14.1. The molecule has 0 bridgehead atoms. The molecule has 1 saturated heterocycles. The van der Waals surface area contributed by atoms with Crippen LogP contribution < -0.4 is 5.32 Å². The van der Waals surface area contributed by atoms with E-state index in [1.807, 2.05) is 24.0 Å². The first-order chi connectivity index (χ1) is 10.1. The summed E-state index contributed by atoms with van der Waals surface area (Å²) >= 11 is 6.25. The Labute approximate surface area is 128 Å². The minimum atomic E-state index is 0.108. The van der Waals surface area contributed by atoms with Gasteiger partial charge in [-0.2, -0.15) is 0 Å².